The number of urea groups is 1. The largest absolute Gasteiger partial charge is 0.481 e. The van der Waals surface area contributed by atoms with Crippen LogP contribution in [0.3, 0.4) is 0 Å². The normalized spacial score (nSPS) is 16.9. The molecule has 1 saturated heterocycles. The average molecular weight is 395 g/mol. The summed E-state index contributed by atoms with van der Waals surface area (Å²) < 4.78 is 6.99. The smallest absolute Gasteiger partial charge is 0.322 e. The van der Waals surface area contributed by atoms with Gasteiger partial charge in [-0.25, -0.2) is 14.8 Å². The van der Waals surface area contributed by atoms with Gasteiger partial charge >= 0.3 is 6.03 Å². The molecule has 0 aromatic carbocycles. The van der Waals surface area contributed by atoms with Crippen molar-refractivity contribution in [1.29, 1.82) is 0 Å². The minimum Gasteiger partial charge on any atom is -0.481 e. The van der Waals surface area contributed by atoms with Crippen LogP contribution < -0.4 is 15.0 Å². The van der Waals surface area contributed by atoms with E-state index in [1.165, 1.54) is 0 Å². The number of carbonyl (C=O) groups excluding carboxylic acids is 1. The van der Waals surface area contributed by atoms with Gasteiger partial charge in [0.25, 0.3) is 0 Å². The van der Waals surface area contributed by atoms with Gasteiger partial charge in [-0.2, -0.15) is 9.61 Å². The van der Waals surface area contributed by atoms with Crippen LogP contribution in [0.2, 0.25) is 0 Å². The van der Waals surface area contributed by atoms with E-state index < -0.39 is 0 Å². The highest BCUT2D eigenvalue weighted by Gasteiger charge is 2.28. The number of amides is 2. The van der Waals surface area contributed by atoms with Crippen molar-refractivity contribution in [2.45, 2.75) is 26.8 Å². The van der Waals surface area contributed by atoms with E-state index in [0.29, 0.717) is 31.2 Å². The quantitative estimate of drug-likeness (QED) is 0.733. The Morgan fingerprint density at radius 3 is 2.79 bits per heavy atom. The summed E-state index contributed by atoms with van der Waals surface area (Å²) >= 11 is 0. The molecule has 0 radical (unpaired) electrons. The van der Waals surface area contributed by atoms with E-state index in [0.717, 1.165) is 22.9 Å². The number of aryl methyl sites for hydroxylation is 2. The molecule has 0 saturated carbocycles. The van der Waals surface area contributed by atoms with Crippen LogP contribution in [0.4, 0.5) is 16.3 Å². The van der Waals surface area contributed by atoms with Gasteiger partial charge in [0.05, 0.1) is 24.2 Å². The minimum atomic E-state index is -0.124. The molecule has 1 N–H and O–H groups in total. The third-order valence-electron chi connectivity index (χ3n) is 5.18. The number of ether oxygens (including phenoxy) is 1. The second-order valence-electron chi connectivity index (χ2n) is 7.26. The molecule has 29 heavy (non-hydrogen) atoms. The highest BCUT2D eigenvalue weighted by atomic mass is 16.5. The summed E-state index contributed by atoms with van der Waals surface area (Å²) in [5.74, 6) is 1.52. The van der Waals surface area contributed by atoms with Crippen molar-refractivity contribution >= 4 is 23.2 Å². The highest BCUT2D eigenvalue weighted by molar-refractivity contribution is 5.90. The average Bonchev–Trinajstić information content (AvgIpc) is 3.09. The second kappa shape index (κ2) is 7.57. The van der Waals surface area contributed by atoms with Gasteiger partial charge in [0, 0.05) is 44.0 Å². The number of carbonyl (C=O) groups is 1. The summed E-state index contributed by atoms with van der Waals surface area (Å²) in [4.78, 5) is 25.6. The number of nitrogens with zero attached hydrogens (tertiary/aromatic N) is 6. The van der Waals surface area contributed by atoms with E-state index in [1.807, 2.05) is 41.5 Å². The third-order valence-corrected chi connectivity index (χ3v) is 5.18. The molecule has 2 amide bonds. The van der Waals surface area contributed by atoms with Crippen molar-refractivity contribution in [3.8, 4) is 5.88 Å². The van der Waals surface area contributed by atoms with E-state index in [9.17, 15) is 4.79 Å². The van der Waals surface area contributed by atoms with Crippen molar-refractivity contribution in [1.82, 2.24) is 24.5 Å². The van der Waals surface area contributed by atoms with Crippen molar-refractivity contribution in [3.05, 3.63) is 41.9 Å². The van der Waals surface area contributed by atoms with Crippen LogP contribution in [-0.2, 0) is 0 Å². The zero-order valence-electron chi connectivity index (χ0n) is 17.1. The summed E-state index contributed by atoms with van der Waals surface area (Å²) in [5, 5.41) is 7.52. The zero-order valence-corrected chi connectivity index (χ0v) is 17.1. The summed E-state index contributed by atoms with van der Waals surface area (Å²) in [6.07, 6.45) is 1.80. The number of methoxy groups -OCH3 is 1. The SMILES string of the molecule is COc1ccc(NC(=O)N2CCN(c3ccnc4cc(C)nn34)[C@@H](C)C2)c(C)n1. The maximum Gasteiger partial charge on any atom is 0.322 e. The van der Waals surface area contributed by atoms with Crippen LogP contribution in [0.5, 0.6) is 5.88 Å². The number of pyridine rings is 1. The van der Waals surface area contributed by atoms with E-state index >= 15 is 0 Å². The Labute approximate surface area is 169 Å². The molecule has 4 heterocycles. The number of hydrogen-bond donors (Lipinski definition) is 1. The van der Waals surface area contributed by atoms with Crippen LogP contribution >= 0.6 is 0 Å². The molecule has 4 rings (SSSR count). The van der Waals surface area contributed by atoms with Gasteiger partial charge in [-0.3, -0.25) is 0 Å². The molecule has 1 atom stereocenters. The van der Waals surface area contributed by atoms with Gasteiger partial charge in [-0.15, -0.1) is 0 Å². The number of hydrogen-bond acceptors (Lipinski definition) is 6. The van der Waals surface area contributed by atoms with Gasteiger partial charge in [-0.05, 0) is 32.9 Å². The van der Waals surface area contributed by atoms with Crippen LogP contribution in [0.25, 0.3) is 5.65 Å². The van der Waals surface area contributed by atoms with Gasteiger partial charge in [0.2, 0.25) is 5.88 Å². The van der Waals surface area contributed by atoms with Crippen molar-refractivity contribution in [2.24, 2.45) is 0 Å². The first-order valence-electron chi connectivity index (χ1n) is 9.62. The lowest BCUT2D eigenvalue weighted by atomic mass is 10.2. The van der Waals surface area contributed by atoms with E-state index in [-0.39, 0.29) is 12.1 Å². The monoisotopic (exact) mass is 395 g/mol. The Hall–Kier alpha value is -3.36. The van der Waals surface area contributed by atoms with E-state index in [4.69, 9.17) is 4.74 Å². The lowest BCUT2D eigenvalue weighted by molar-refractivity contribution is 0.200. The van der Waals surface area contributed by atoms with Gasteiger partial charge in [0.15, 0.2) is 5.65 Å². The molecule has 9 heteroatoms. The lowest BCUT2D eigenvalue weighted by Crippen LogP contribution is -2.55. The fraction of sp³-hybridized carbons (Fsp3) is 0.400. The lowest BCUT2D eigenvalue weighted by Gasteiger charge is -2.40. The van der Waals surface area contributed by atoms with Gasteiger partial charge in [-0.1, -0.05) is 0 Å². The summed E-state index contributed by atoms with van der Waals surface area (Å²) in [7, 11) is 1.57. The standard InChI is InChI=1S/C20H25N7O2/c1-13-11-17-21-8-7-19(27(17)24-13)26-10-9-25(12-14(26)2)20(28)23-16-5-6-18(29-4)22-15(16)3/h5-8,11,14H,9-10,12H2,1-4H3,(H,23,28)/t14-/m0/s1. The molecule has 0 aliphatic carbocycles. The van der Waals surface area contributed by atoms with Crippen LogP contribution in [-0.4, -0.2) is 63.3 Å². The number of fused-ring (bicyclic) bond motifs is 1. The molecule has 1 fully saturated rings. The summed E-state index contributed by atoms with van der Waals surface area (Å²) in [6, 6.07) is 7.50. The number of aromatic nitrogens is 4. The Morgan fingerprint density at radius 2 is 2.07 bits per heavy atom. The fourth-order valence-electron chi connectivity index (χ4n) is 3.68. The predicted octanol–water partition coefficient (Wildman–Crippen LogP) is 2.49. The number of anilines is 2. The molecule has 0 spiro atoms. The Bertz CT molecular complexity index is 1050. The molecule has 3 aromatic heterocycles. The molecular weight excluding hydrogens is 370 g/mol. The second-order valence-corrected chi connectivity index (χ2v) is 7.26. The number of rotatable bonds is 3. The zero-order chi connectivity index (χ0) is 20.5. The Morgan fingerprint density at radius 1 is 1.24 bits per heavy atom. The molecule has 0 unspecified atom stereocenters. The number of piperazine rings is 1. The predicted molar refractivity (Wildman–Crippen MR) is 111 cm³/mol. The van der Waals surface area contributed by atoms with Gasteiger partial charge < -0.3 is 19.9 Å². The molecule has 1 aliphatic rings. The van der Waals surface area contributed by atoms with E-state index in [1.54, 1.807) is 19.4 Å². The fourth-order valence-corrected chi connectivity index (χ4v) is 3.68. The van der Waals surface area contributed by atoms with Crippen LogP contribution in [0.15, 0.2) is 30.5 Å². The Balaban J connectivity index is 1.46. The maximum atomic E-state index is 12.8. The molecule has 152 valence electrons. The third kappa shape index (κ3) is 3.67. The van der Waals surface area contributed by atoms with Crippen LogP contribution in [0, 0.1) is 13.8 Å². The van der Waals surface area contributed by atoms with Crippen molar-refractivity contribution < 1.29 is 9.53 Å². The Kier molecular flexibility index (Phi) is 4.96. The molecular formula is C20H25N7O2. The highest BCUT2D eigenvalue weighted by Crippen LogP contribution is 2.23. The van der Waals surface area contributed by atoms with Crippen molar-refractivity contribution in [3.63, 3.8) is 0 Å². The molecule has 9 nitrogen and oxygen atoms in total. The maximum absolute atomic E-state index is 12.8. The van der Waals surface area contributed by atoms with Gasteiger partial charge in [0.1, 0.15) is 5.82 Å². The minimum absolute atomic E-state index is 0.124. The number of nitrogens with one attached hydrogen (secondary N) is 1. The molecule has 3 aromatic rings. The molecule has 0 bridgehead atoms. The first-order chi connectivity index (χ1) is 14.0. The summed E-state index contributed by atoms with van der Waals surface area (Å²) in [6.45, 7) is 7.86. The first kappa shape index (κ1) is 19.0. The van der Waals surface area contributed by atoms with E-state index in [2.05, 4.69) is 32.2 Å². The molecule has 1 aliphatic heterocycles. The first-order valence-corrected chi connectivity index (χ1v) is 9.62. The summed E-state index contributed by atoms with van der Waals surface area (Å²) in [5.41, 5.74) is 3.17. The van der Waals surface area contributed by atoms with Crippen molar-refractivity contribution in [2.75, 3.05) is 37.0 Å². The van der Waals surface area contributed by atoms with Crippen LogP contribution in [0.1, 0.15) is 18.3 Å². The topological polar surface area (TPSA) is 87.9 Å².